The quantitative estimate of drug-likeness (QED) is 0.305. The van der Waals surface area contributed by atoms with Crippen LogP contribution in [0.3, 0.4) is 0 Å². The van der Waals surface area contributed by atoms with Gasteiger partial charge in [0.25, 0.3) is 0 Å². The normalized spacial score (nSPS) is 11.7. The predicted molar refractivity (Wildman–Crippen MR) is 130 cm³/mol. The highest BCUT2D eigenvalue weighted by Gasteiger charge is 2.27. The summed E-state index contributed by atoms with van der Waals surface area (Å²) in [7, 11) is -3.88. The Morgan fingerprint density at radius 2 is 1.84 bits per heavy atom. The first-order valence-corrected chi connectivity index (χ1v) is 12.8. The molecule has 8 heteroatoms. The number of unbranched alkanes of at least 4 members (excludes halogenated alkanes) is 1. The van der Waals surface area contributed by atoms with Gasteiger partial charge in [0.1, 0.15) is 5.56 Å². The van der Waals surface area contributed by atoms with E-state index in [1.165, 1.54) is 10.9 Å². The topological polar surface area (TPSA) is 78.3 Å². The zero-order valence-corrected chi connectivity index (χ0v) is 21.5. The van der Waals surface area contributed by atoms with Crippen molar-refractivity contribution in [3.8, 4) is 5.88 Å². The number of hydrogen-bond donors (Lipinski definition) is 0. The number of carbonyl (C=O) groups excluding carboxylic acids is 1. The smallest absolute Gasteiger partial charge is 0.310 e. The maximum Gasteiger partial charge on any atom is 0.310 e. The average Bonchev–Trinajstić information content (AvgIpc) is 3.06. The second-order valence-corrected chi connectivity index (χ2v) is 10.7. The van der Waals surface area contributed by atoms with Crippen LogP contribution in [0.1, 0.15) is 81.4 Å². The van der Waals surface area contributed by atoms with E-state index in [0.717, 1.165) is 35.1 Å². The third-order valence-electron chi connectivity index (χ3n) is 5.29. The fraction of sp³-hybridized carbons (Fsp3) is 0.500. The van der Waals surface area contributed by atoms with Crippen LogP contribution in [-0.4, -0.2) is 29.7 Å². The maximum atomic E-state index is 13.6. The predicted octanol–water partition coefficient (Wildman–Crippen LogP) is 6.05. The van der Waals surface area contributed by atoms with E-state index < -0.39 is 10.1 Å². The number of carbonyl (C=O) groups is 1. The molecule has 176 valence electrons. The Bertz CT molecular complexity index is 1130. The van der Waals surface area contributed by atoms with Gasteiger partial charge in [-0.2, -0.15) is 13.5 Å². The lowest BCUT2D eigenvalue weighted by Gasteiger charge is -2.15. The molecule has 0 saturated carbocycles. The molecule has 32 heavy (non-hydrogen) atoms. The van der Waals surface area contributed by atoms with Gasteiger partial charge in [-0.1, -0.05) is 44.4 Å². The highest BCUT2D eigenvalue weighted by molar-refractivity contribution is 7.87. The zero-order valence-electron chi connectivity index (χ0n) is 20.0. The van der Waals surface area contributed by atoms with Crippen molar-refractivity contribution in [1.82, 2.24) is 9.78 Å². The van der Waals surface area contributed by atoms with Gasteiger partial charge in [0, 0.05) is 17.1 Å². The number of halogens is 1. The first kappa shape index (κ1) is 26.1. The second kappa shape index (κ2) is 10.7. The highest BCUT2D eigenvalue weighted by atomic mass is 35.5. The number of aromatic nitrogens is 2. The fourth-order valence-electron chi connectivity index (χ4n) is 3.43. The Balaban J connectivity index is 2.61. The van der Waals surface area contributed by atoms with E-state index in [-0.39, 0.29) is 28.9 Å². The number of hydrogen-bond acceptors (Lipinski definition) is 5. The minimum absolute atomic E-state index is 0.0288. The van der Waals surface area contributed by atoms with Crippen LogP contribution in [-0.2, 0) is 16.7 Å². The molecule has 2 rings (SSSR count). The molecule has 0 unspecified atom stereocenters. The summed E-state index contributed by atoms with van der Waals surface area (Å²) in [4.78, 5) is 13.6. The minimum atomic E-state index is -3.88. The Hall–Kier alpha value is -2.12. The molecule has 6 nitrogen and oxygen atoms in total. The summed E-state index contributed by atoms with van der Waals surface area (Å²) < 4.78 is 32.1. The fourth-order valence-corrected chi connectivity index (χ4v) is 5.07. The molecule has 1 aromatic carbocycles. The molecule has 0 saturated heterocycles. The highest BCUT2D eigenvalue weighted by Crippen LogP contribution is 2.33. The maximum absolute atomic E-state index is 13.6. The zero-order chi connectivity index (χ0) is 24.2. The summed E-state index contributed by atoms with van der Waals surface area (Å²) in [5.41, 5.74) is 4.20. The molecule has 0 N–H and O–H groups in total. The van der Waals surface area contributed by atoms with Crippen molar-refractivity contribution in [1.29, 1.82) is 0 Å². The van der Waals surface area contributed by atoms with E-state index in [2.05, 4.69) is 5.10 Å². The average molecular weight is 481 g/mol. The largest absolute Gasteiger partial charge is 0.361 e. The van der Waals surface area contributed by atoms with E-state index >= 15 is 0 Å². The van der Waals surface area contributed by atoms with Crippen LogP contribution in [0.15, 0.2) is 23.9 Å². The molecule has 0 fully saturated rings. The van der Waals surface area contributed by atoms with Crippen molar-refractivity contribution in [2.24, 2.45) is 5.92 Å². The van der Waals surface area contributed by atoms with Crippen molar-refractivity contribution >= 4 is 33.1 Å². The van der Waals surface area contributed by atoms with E-state index in [1.54, 1.807) is 26.0 Å². The van der Waals surface area contributed by atoms with Crippen molar-refractivity contribution in [3.05, 3.63) is 51.2 Å². The standard InChI is InChI=1S/C24H33ClN2O4S/c1-8-9-12-27-24(31-32(29,30)14-15(2)3)20(13-26-27)23(28)19-10-11-21(25)22(18(19)7)17(6)16(4)5/h10-11,13,15H,8-9,12,14H2,1-7H3. The molecule has 0 bridgehead atoms. The Labute approximate surface area is 196 Å². The molecule has 0 spiro atoms. The van der Waals surface area contributed by atoms with Crippen LogP contribution >= 0.6 is 11.6 Å². The van der Waals surface area contributed by atoms with Gasteiger partial charge in [-0.3, -0.25) is 4.79 Å². The summed E-state index contributed by atoms with van der Waals surface area (Å²) in [6.45, 7) is 13.9. The summed E-state index contributed by atoms with van der Waals surface area (Å²) in [5.74, 6) is -0.638. The third kappa shape index (κ3) is 6.01. The number of benzene rings is 1. The van der Waals surface area contributed by atoms with E-state index in [1.807, 2.05) is 34.6 Å². The lowest BCUT2D eigenvalue weighted by molar-refractivity contribution is 0.103. The van der Waals surface area contributed by atoms with Crippen molar-refractivity contribution < 1.29 is 17.4 Å². The van der Waals surface area contributed by atoms with Crippen molar-refractivity contribution in [2.45, 2.75) is 67.9 Å². The van der Waals surface area contributed by atoms with Gasteiger partial charge in [-0.05, 0) is 68.9 Å². The molecule has 2 aromatic rings. The lowest BCUT2D eigenvalue weighted by Crippen LogP contribution is -2.21. The summed E-state index contributed by atoms with van der Waals surface area (Å²) in [6, 6.07) is 3.36. The van der Waals surface area contributed by atoms with Crippen LogP contribution in [0.5, 0.6) is 5.88 Å². The molecule has 0 amide bonds. The van der Waals surface area contributed by atoms with E-state index in [4.69, 9.17) is 15.8 Å². The summed E-state index contributed by atoms with van der Waals surface area (Å²) in [6.07, 6.45) is 3.06. The van der Waals surface area contributed by atoms with Crippen molar-refractivity contribution in [3.63, 3.8) is 0 Å². The summed E-state index contributed by atoms with van der Waals surface area (Å²) >= 11 is 6.45. The van der Waals surface area contributed by atoms with Gasteiger partial charge in [0.15, 0.2) is 5.78 Å². The second-order valence-electron chi connectivity index (χ2n) is 8.69. The molecule has 0 aliphatic rings. The van der Waals surface area contributed by atoms with Crippen LogP contribution < -0.4 is 4.18 Å². The number of ketones is 1. The first-order chi connectivity index (χ1) is 14.9. The van der Waals surface area contributed by atoms with Gasteiger partial charge >= 0.3 is 10.1 Å². The molecule has 1 aromatic heterocycles. The third-order valence-corrected chi connectivity index (χ3v) is 7.09. The van der Waals surface area contributed by atoms with Crippen LogP contribution in [0, 0.1) is 12.8 Å². The molecule has 0 aliphatic carbocycles. The van der Waals surface area contributed by atoms with E-state index in [9.17, 15) is 13.2 Å². The first-order valence-electron chi connectivity index (χ1n) is 10.9. The Morgan fingerprint density at radius 3 is 2.41 bits per heavy atom. The van der Waals surface area contributed by atoms with Crippen LogP contribution in [0.4, 0.5) is 0 Å². The molecule has 0 radical (unpaired) electrons. The number of nitrogens with zero attached hydrogens (tertiary/aromatic N) is 2. The van der Waals surface area contributed by atoms with Gasteiger partial charge < -0.3 is 4.18 Å². The van der Waals surface area contributed by atoms with E-state index in [0.29, 0.717) is 17.1 Å². The lowest BCUT2D eigenvalue weighted by atomic mass is 9.92. The van der Waals surface area contributed by atoms with Crippen molar-refractivity contribution in [2.75, 3.05) is 5.75 Å². The number of aryl methyl sites for hydroxylation is 1. The molecule has 0 aliphatic heterocycles. The molecular weight excluding hydrogens is 448 g/mol. The van der Waals surface area contributed by atoms with Gasteiger partial charge in [-0.25, -0.2) is 4.68 Å². The monoisotopic (exact) mass is 480 g/mol. The van der Waals surface area contributed by atoms with Crippen LogP contribution in [0.25, 0.3) is 5.57 Å². The molecular formula is C24H33ClN2O4S. The Morgan fingerprint density at radius 1 is 1.19 bits per heavy atom. The summed E-state index contributed by atoms with van der Waals surface area (Å²) in [5, 5.41) is 4.83. The molecule has 1 heterocycles. The SMILES string of the molecule is CCCCn1ncc(C(=O)c2ccc(Cl)c(C(C)=C(C)C)c2C)c1OS(=O)(=O)CC(C)C. The van der Waals surface area contributed by atoms with Gasteiger partial charge in [0.05, 0.1) is 11.9 Å². The number of rotatable bonds is 10. The van der Waals surface area contributed by atoms with Gasteiger partial charge in [-0.15, -0.1) is 0 Å². The Kier molecular flexibility index (Phi) is 8.71. The van der Waals surface area contributed by atoms with Crippen LogP contribution in [0.2, 0.25) is 5.02 Å². The molecule has 0 atom stereocenters. The number of allylic oxidation sites excluding steroid dienone is 2. The minimum Gasteiger partial charge on any atom is -0.361 e. The van der Waals surface area contributed by atoms with Gasteiger partial charge in [0.2, 0.25) is 5.88 Å².